The Bertz CT molecular complexity index is 754. The number of carboxylic acid groups (broad SMARTS) is 1. The molecule has 1 aromatic carbocycles. The first kappa shape index (κ1) is 19.6. The first-order chi connectivity index (χ1) is 10.6. The fraction of sp³-hybridized carbons (Fsp3) is 0.462. The molecular formula is C13H20N2O6S2. The lowest BCUT2D eigenvalue weighted by atomic mass is 10.4. The molecule has 0 bridgehead atoms. The van der Waals surface area contributed by atoms with E-state index in [1.54, 1.807) is 13.8 Å². The van der Waals surface area contributed by atoms with E-state index in [0.29, 0.717) is 0 Å². The van der Waals surface area contributed by atoms with Crippen molar-refractivity contribution in [1.29, 1.82) is 0 Å². The summed E-state index contributed by atoms with van der Waals surface area (Å²) in [5.74, 6) is -1.13. The first-order valence-electron chi connectivity index (χ1n) is 6.96. The summed E-state index contributed by atoms with van der Waals surface area (Å²) in [6.07, 6.45) is -0.364. The summed E-state index contributed by atoms with van der Waals surface area (Å²) in [5, 5.41) is 8.53. The van der Waals surface area contributed by atoms with E-state index in [1.807, 2.05) is 0 Å². The van der Waals surface area contributed by atoms with Crippen molar-refractivity contribution in [2.24, 2.45) is 0 Å². The van der Waals surface area contributed by atoms with E-state index >= 15 is 0 Å². The lowest BCUT2D eigenvalue weighted by Crippen LogP contribution is -2.31. The van der Waals surface area contributed by atoms with E-state index in [-0.39, 0.29) is 35.8 Å². The van der Waals surface area contributed by atoms with Gasteiger partial charge in [0, 0.05) is 19.6 Å². The molecule has 0 amide bonds. The molecule has 130 valence electrons. The molecule has 0 fully saturated rings. The summed E-state index contributed by atoms with van der Waals surface area (Å²) in [6, 6.07) is 4.98. The molecule has 23 heavy (non-hydrogen) atoms. The van der Waals surface area contributed by atoms with Crippen LogP contribution in [0.4, 0.5) is 0 Å². The molecule has 0 saturated carbocycles. The molecule has 8 nitrogen and oxygen atoms in total. The third-order valence-corrected chi connectivity index (χ3v) is 6.59. The minimum Gasteiger partial charge on any atom is -0.481 e. The van der Waals surface area contributed by atoms with Crippen LogP contribution in [0.15, 0.2) is 34.1 Å². The fourth-order valence-corrected chi connectivity index (χ4v) is 4.55. The van der Waals surface area contributed by atoms with Gasteiger partial charge in [-0.1, -0.05) is 19.9 Å². The second-order valence-corrected chi connectivity index (χ2v) is 8.31. The van der Waals surface area contributed by atoms with Crippen molar-refractivity contribution in [3.05, 3.63) is 24.3 Å². The van der Waals surface area contributed by atoms with Crippen LogP contribution in [0.2, 0.25) is 0 Å². The molecule has 10 heteroatoms. The van der Waals surface area contributed by atoms with Crippen LogP contribution in [0, 0.1) is 0 Å². The summed E-state index contributed by atoms with van der Waals surface area (Å²) in [7, 11) is -7.75. The monoisotopic (exact) mass is 364 g/mol. The Labute approximate surface area is 136 Å². The highest BCUT2D eigenvalue weighted by molar-refractivity contribution is 7.90. The van der Waals surface area contributed by atoms with Crippen molar-refractivity contribution in [3.8, 4) is 0 Å². The summed E-state index contributed by atoms with van der Waals surface area (Å²) >= 11 is 0. The minimum absolute atomic E-state index is 0.123. The predicted molar refractivity (Wildman–Crippen MR) is 84.0 cm³/mol. The third-order valence-electron chi connectivity index (χ3n) is 3.09. The number of hydrogen-bond acceptors (Lipinski definition) is 5. The van der Waals surface area contributed by atoms with Crippen molar-refractivity contribution in [3.63, 3.8) is 0 Å². The van der Waals surface area contributed by atoms with Crippen LogP contribution in [0.25, 0.3) is 0 Å². The van der Waals surface area contributed by atoms with E-state index in [1.165, 1.54) is 22.5 Å². The molecule has 0 unspecified atom stereocenters. The minimum atomic E-state index is -3.97. The zero-order chi connectivity index (χ0) is 17.7. The lowest BCUT2D eigenvalue weighted by molar-refractivity contribution is -0.136. The lowest BCUT2D eigenvalue weighted by Gasteiger charge is -2.18. The standard InChI is InChI=1S/C13H20N2O6S2/c1-3-15(4-2)23(20,21)12-7-5-6-11(10-12)22(18,19)14-9-8-13(16)17/h5-7,10,14H,3-4,8-9H2,1-2H3,(H,16,17). The van der Waals surface area contributed by atoms with Crippen molar-refractivity contribution in [2.45, 2.75) is 30.1 Å². The molecule has 0 heterocycles. The van der Waals surface area contributed by atoms with Gasteiger partial charge in [0.05, 0.1) is 16.2 Å². The highest BCUT2D eigenvalue weighted by atomic mass is 32.2. The van der Waals surface area contributed by atoms with Crippen LogP contribution in [0.5, 0.6) is 0 Å². The number of sulfonamides is 2. The smallest absolute Gasteiger partial charge is 0.304 e. The van der Waals surface area contributed by atoms with Crippen LogP contribution < -0.4 is 4.72 Å². The number of hydrogen-bond donors (Lipinski definition) is 2. The summed E-state index contributed by atoms with van der Waals surface area (Å²) in [6.45, 7) is 3.65. The maximum Gasteiger partial charge on any atom is 0.304 e. The van der Waals surface area contributed by atoms with Crippen molar-refractivity contribution >= 4 is 26.0 Å². The van der Waals surface area contributed by atoms with Gasteiger partial charge in [-0.15, -0.1) is 0 Å². The van der Waals surface area contributed by atoms with Gasteiger partial charge in [-0.25, -0.2) is 21.6 Å². The third kappa shape index (κ3) is 4.99. The van der Waals surface area contributed by atoms with E-state index in [2.05, 4.69) is 4.72 Å². The highest BCUT2D eigenvalue weighted by Crippen LogP contribution is 2.19. The number of carbonyl (C=O) groups is 1. The van der Waals surface area contributed by atoms with Crippen molar-refractivity contribution < 1.29 is 26.7 Å². The van der Waals surface area contributed by atoms with Gasteiger partial charge in [-0.05, 0) is 18.2 Å². The van der Waals surface area contributed by atoms with Gasteiger partial charge in [-0.3, -0.25) is 4.79 Å². The summed E-state index contributed by atoms with van der Waals surface area (Å²) in [5.41, 5.74) is 0. The molecule has 0 atom stereocenters. The molecule has 0 saturated heterocycles. The van der Waals surface area contributed by atoms with Gasteiger partial charge < -0.3 is 5.11 Å². The largest absolute Gasteiger partial charge is 0.481 e. The zero-order valence-corrected chi connectivity index (χ0v) is 14.5. The molecule has 1 rings (SSSR count). The average molecular weight is 364 g/mol. The number of nitrogens with one attached hydrogen (secondary N) is 1. The van der Waals surface area contributed by atoms with Gasteiger partial charge >= 0.3 is 5.97 Å². The quantitative estimate of drug-likeness (QED) is 0.657. The number of carboxylic acids is 1. The Kier molecular flexibility index (Phi) is 6.69. The maximum absolute atomic E-state index is 12.4. The number of aliphatic carboxylic acids is 1. The molecule has 1 aromatic rings. The van der Waals surface area contributed by atoms with Crippen LogP contribution in [-0.2, 0) is 24.8 Å². The van der Waals surface area contributed by atoms with Gasteiger partial charge in [0.15, 0.2) is 0 Å². The SMILES string of the molecule is CCN(CC)S(=O)(=O)c1cccc(S(=O)(=O)NCCC(=O)O)c1. The van der Waals surface area contributed by atoms with Gasteiger partial charge in [-0.2, -0.15) is 4.31 Å². The van der Waals surface area contributed by atoms with E-state index in [0.717, 1.165) is 6.07 Å². The summed E-state index contributed by atoms with van der Waals surface area (Å²) in [4.78, 5) is 10.1. The predicted octanol–water partition coefficient (Wildman–Crippen LogP) is 0.470. The molecule has 0 aromatic heterocycles. The molecule has 0 aliphatic carbocycles. The van der Waals surface area contributed by atoms with Gasteiger partial charge in [0.25, 0.3) is 0 Å². The normalized spacial score (nSPS) is 12.5. The van der Waals surface area contributed by atoms with Crippen LogP contribution in [0.1, 0.15) is 20.3 Å². The van der Waals surface area contributed by atoms with Crippen LogP contribution >= 0.6 is 0 Å². The Morgan fingerprint density at radius 1 is 1.13 bits per heavy atom. The van der Waals surface area contributed by atoms with Crippen molar-refractivity contribution in [2.75, 3.05) is 19.6 Å². The van der Waals surface area contributed by atoms with Crippen molar-refractivity contribution in [1.82, 2.24) is 9.03 Å². The second-order valence-electron chi connectivity index (χ2n) is 4.61. The zero-order valence-electron chi connectivity index (χ0n) is 12.9. The highest BCUT2D eigenvalue weighted by Gasteiger charge is 2.24. The average Bonchev–Trinajstić information content (AvgIpc) is 2.47. The number of benzene rings is 1. The maximum atomic E-state index is 12.4. The Morgan fingerprint density at radius 3 is 2.22 bits per heavy atom. The fourth-order valence-electron chi connectivity index (χ4n) is 1.89. The Hall–Kier alpha value is -1.49. The first-order valence-corrected chi connectivity index (χ1v) is 9.89. The summed E-state index contributed by atoms with van der Waals surface area (Å²) < 4.78 is 52.3. The molecular weight excluding hydrogens is 344 g/mol. The molecule has 0 spiro atoms. The Balaban J connectivity index is 3.12. The van der Waals surface area contributed by atoms with E-state index < -0.39 is 26.0 Å². The second kappa shape index (κ2) is 7.86. The number of rotatable bonds is 9. The van der Waals surface area contributed by atoms with E-state index in [4.69, 9.17) is 5.11 Å². The number of nitrogens with zero attached hydrogens (tertiary/aromatic N) is 1. The Morgan fingerprint density at radius 2 is 1.70 bits per heavy atom. The van der Waals surface area contributed by atoms with E-state index in [9.17, 15) is 21.6 Å². The van der Waals surface area contributed by atoms with Crippen LogP contribution in [-0.4, -0.2) is 51.9 Å². The molecule has 0 aliphatic rings. The molecule has 2 N–H and O–H groups in total. The van der Waals surface area contributed by atoms with Gasteiger partial charge in [0.2, 0.25) is 20.0 Å². The van der Waals surface area contributed by atoms with Gasteiger partial charge in [0.1, 0.15) is 0 Å². The molecule has 0 aliphatic heterocycles. The van der Waals surface area contributed by atoms with Crippen LogP contribution in [0.3, 0.4) is 0 Å². The molecule has 0 radical (unpaired) electrons. The topological polar surface area (TPSA) is 121 Å².